The lowest BCUT2D eigenvalue weighted by Gasteiger charge is -2.19. The fraction of sp³-hybridized carbons (Fsp3) is 0.429. The van der Waals surface area contributed by atoms with E-state index >= 15 is 0 Å². The fourth-order valence-corrected chi connectivity index (χ4v) is 5.23. The second kappa shape index (κ2) is 6.60. The van der Waals surface area contributed by atoms with E-state index in [1.165, 1.54) is 6.21 Å². The Morgan fingerprint density at radius 3 is 2.82 bits per heavy atom. The first-order valence-corrected chi connectivity index (χ1v) is 9.10. The Balaban J connectivity index is 1.59. The molecule has 0 bridgehead atoms. The predicted molar refractivity (Wildman–Crippen MR) is 91.2 cm³/mol. The van der Waals surface area contributed by atoms with Gasteiger partial charge in [0.15, 0.2) is 11.5 Å². The van der Waals surface area contributed by atoms with Crippen molar-refractivity contribution in [2.24, 2.45) is 5.10 Å². The number of nitrogens with one attached hydrogen (secondary N) is 1. The molecule has 1 amide bonds. The average molecular weight is 359 g/mol. The summed E-state index contributed by atoms with van der Waals surface area (Å²) in [5.74, 6) is 3.32. The van der Waals surface area contributed by atoms with Crippen LogP contribution in [-0.4, -0.2) is 34.5 Å². The molecule has 0 unspecified atom stereocenters. The minimum absolute atomic E-state index is 0.0456. The number of benzene rings is 1. The Bertz CT molecular complexity index is 618. The molecule has 2 aliphatic rings. The van der Waals surface area contributed by atoms with Gasteiger partial charge in [-0.2, -0.15) is 5.10 Å². The van der Waals surface area contributed by atoms with E-state index in [0.29, 0.717) is 28.5 Å². The third-order valence-electron chi connectivity index (χ3n) is 3.26. The number of hydrogen-bond acceptors (Lipinski definition) is 6. The van der Waals surface area contributed by atoms with Gasteiger partial charge in [0, 0.05) is 23.1 Å². The molecule has 8 heteroatoms. The summed E-state index contributed by atoms with van der Waals surface area (Å²) in [5.41, 5.74) is 3.22. The molecule has 118 valence electrons. The van der Waals surface area contributed by atoms with Gasteiger partial charge >= 0.3 is 0 Å². The van der Waals surface area contributed by atoms with E-state index in [4.69, 9.17) is 21.1 Å². The molecule has 0 aliphatic carbocycles. The molecule has 1 saturated heterocycles. The monoisotopic (exact) mass is 358 g/mol. The lowest BCUT2D eigenvalue weighted by molar-refractivity contribution is -0.121. The SMILES string of the molecule is CC1(CC(=O)N/N=C\c2cc3c(cc2Cl)OCO3)SCCS1. The van der Waals surface area contributed by atoms with Gasteiger partial charge in [0.05, 0.1) is 21.7 Å². The van der Waals surface area contributed by atoms with E-state index < -0.39 is 0 Å². The van der Waals surface area contributed by atoms with E-state index in [9.17, 15) is 4.79 Å². The van der Waals surface area contributed by atoms with Crippen LogP contribution in [0.25, 0.3) is 0 Å². The van der Waals surface area contributed by atoms with Gasteiger partial charge in [-0.3, -0.25) is 4.79 Å². The van der Waals surface area contributed by atoms with Gasteiger partial charge in [0.25, 0.3) is 0 Å². The highest BCUT2D eigenvalue weighted by molar-refractivity contribution is 8.21. The molecule has 2 heterocycles. The molecule has 0 radical (unpaired) electrons. The van der Waals surface area contributed by atoms with Crippen LogP contribution in [0.5, 0.6) is 11.5 Å². The number of ether oxygens (including phenoxy) is 2. The molecule has 22 heavy (non-hydrogen) atoms. The van der Waals surface area contributed by atoms with Crippen LogP contribution in [-0.2, 0) is 4.79 Å². The first kappa shape index (κ1) is 15.8. The second-order valence-electron chi connectivity index (χ2n) is 5.03. The number of carbonyl (C=O) groups is 1. The molecule has 3 rings (SSSR count). The van der Waals surface area contributed by atoms with E-state index in [0.717, 1.165) is 11.5 Å². The van der Waals surface area contributed by atoms with E-state index in [1.807, 2.05) is 23.5 Å². The van der Waals surface area contributed by atoms with Crippen molar-refractivity contribution in [3.63, 3.8) is 0 Å². The number of amides is 1. The molecule has 5 nitrogen and oxygen atoms in total. The Kier molecular flexibility index (Phi) is 4.75. The molecule has 1 aromatic rings. The summed E-state index contributed by atoms with van der Waals surface area (Å²) in [6.07, 6.45) is 1.95. The first-order valence-electron chi connectivity index (χ1n) is 6.75. The molecular weight excluding hydrogens is 344 g/mol. The third-order valence-corrected chi connectivity index (χ3v) is 6.88. The summed E-state index contributed by atoms with van der Waals surface area (Å²) in [7, 11) is 0. The highest BCUT2D eigenvalue weighted by atomic mass is 35.5. The number of hydrazone groups is 1. The number of nitrogens with zero attached hydrogens (tertiary/aromatic N) is 1. The van der Waals surface area contributed by atoms with Gasteiger partial charge < -0.3 is 9.47 Å². The summed E-state index contributed by atoms with van der Waals surface area (Å²) in [6, 6.07) is 3.42. The fourth-order valence-electron chi connectivity index (χ4n) is 2.20. The number of thioether (sulfide) groups is 2. The molecule has 2 aliphatic heterocycles. The van der Waals surface area contributed by atoms with Crippen molar-refractivity contribution in [1.82, 2.24) is 5.43 Å². The average Bonchev–Trinajstić information content (AvgIpc) is 3.07. The van der Waals surface area contributed by atoms with Crippen LogP contribution in [0.1, 0.15) is 18.9 Å². The number of fused-ring (bicyclic) bond motifs is 1. The molecule has 0 saturated carbocycles. The maximum atomic E-state index is 11.9. The van der Waals surface area contributed by atoms with Gasteiger partial charge in [-0.1, -0.05) is 11.6 Å². The summed E-state index contributed by atoms with van der Waals surface area (Å²) in [6.45, 7) is 2.28. The zero-order valence-electron chi connectivity index (χ0n) is 11.9. The highest BCUT2D eigenvalue weighted by Gasteiger charge is 2.32. The molecule has 1 aromatic carbocycles. The normalized spacial score (nSPS) is 18.8. The number of halogens is 1. The predicted octanol–water partition coefficient (Wildman–Crippen LogP) is 3.11. The Labute approximate surface area is 142 Å². The highest BCUT2D eigenvalue weighted by Crippen LogP contribution is 2.45. The van der Waals surface area contributed by atoms with Gasteiger partial charge in [0.2, 0.25) is 12.7 Å². The number of carbonyl (C=O) groups excluding carboxylic acids is 1. The van der Waals surface area contributed by atoms with Crippen LogP contribution < -0.4 is 14.9 Å². The summed E-state index contributed by atoms with van der Waals surface area (Å²) in [4.78, 5) is 11.9. The summed E-state index contributed by atoms with van der Waals surface area (Å²) >= 11 is 9.77. The Hall–Kier alpha value is -1.05. The third kappa shape index (κ3) is 3.64. The second-order valence-corrected chi connectivity index (χ2v) is 8.89. The first-order chi connectivity index (χ1) is 10.6. The Morgan fingerprint density at radius 2 is 2.09 bits per heavy atom. The molecule has 0 spiro atoms. The molecule has 1 N–H and O–H groups in total. The zero-order chi connectivity index (χ0) is 15.6. The van der Waals surface area contributed by atoms with Crippen LogP contribution in [0.2, 0.25) is 5.02 Å². The van der Waals surface area contributed by atoms with Crippen molar-refractivity contribution < 1.29 is 14.3 Å². The van der Waals surface area contributed by atoms with Gasteiger partial charge in [-0.25, -0.2) is 5.43 Å². The maximum absolute atomic E-state index is 11.9. The molecule has 0 aromatic heterocycles. The smallest absolute Gasteiger partial charge is 0.242 e. The van der Waals surface area contributed by atoms with E-state index in [1.54, 1.807) is 12.1 Å². The maximum Gasteiger partial charge on any atom is 0.242 e. The molecule has 1 fully saturated rings. The van der Waals surface area contributed by atoms with Gasteiger partial charge in [-0.05, 0) is 13.0 Å². The standard InChI is InChI=1S/C14H15ClN2O3S2/c1-14(21-2-3-22-14)6-13(18)17-16-7-9-4-11-12(5-10(9)15)20-8-19-11/h4-5,7H,2-3,6,8H2,1H3,(H,17,18)/b16-7-. The molecular formula is C14H15ClN2O3S2. The summed E-state index contributed by atoms with van der Waals surface area (Å²) in [5, 5.41) is 4.47. The van der Waals surface area contributed by atoms with Crippen LogP contribution >= 0.6 is 35.1 Å². The van der Waals surface area contributed by atoms with Crippen molar-refractivity contribution >= 4 is 47.2 Å². The topological polar surface area (TPSA) is 59.9 Å². The minimum atomic E-state index is -0.0995. The van der Waals surface area contributed by atoms with Crippen molar-refractivity contribution in [3.05, 3.63) is 22.7 Å². The Morgan fingerprint density at radius 1 is 1.41 bits per heavy atom. The van der Waals surface area contributed by atoms with Crippen molar-refractivity contribution in [2.45, 2.75) is 17.4 Å². The lowest BCUT2D eigenvalue weighted by Crippen LogP contribution is -2.26. The van der Waals surface area contributed by atoms with Crippen molar-refractivity contribution in [2.75, 3.05) is 18.3 Å². The van der Waals surface area contributed by atoms with E-state index in [2.05, 4.69) is 17.5 Å². The zero-order valence-corrected chi connectivity index (χ0v) is 14.3. The number of hydrogen-bond donors (Lipinski definition) is 1. The van der Waals surface area contributed by atoms with Gasteiger partial charge in [0.1, 0.15) is 0 Å². The summed E-state index contributed by atoms with van der Waals surface area (Å²) < 4.78 is 10.5. The minimum Gasteiger partial charge on any atom is -0.454 e. The van der Waals surface area contributed by atoms with Crippen LogP contribution in [0, 0.1) is 0 Å². The van der Waals surface area contributed by atoms with E-state index in [-0.39, 0.29) is 16.8 Å². The lowest BCUT2D eigenvalue weighted by atomic mass is 10.2. The van der Waals surface area contributed by atoms with Gasteiger partial charge in [-0.15, -0.1) is 23.5 Å². The quantitative estimate of drug-likeness (QED) is 0.662. The number of rotatable bonds is 4. The van der Waals surface area contributed by atoms with Crippen LogP contribution in [0.3, 0.4) is 0 Å². The molecule has 0 atom stereocenters. The largest absolute Gasteiger partial charge is 0.454 e. The van der Waals surface area contributed by atoms with Crippen LogP contribution in [0.15, 0.2) is 17.2 Å². The van der Waals surface area contributed by atoms with Crippen LogP contribution in [0.4, 0.5) is 0 Å². The van der Waals surface area contributed by atoms with Crippen molar-refractivity contribution in [3.8, 4) is 11.5 Å². The van der Waals surface area contributed by atoms with Crippen molar-refractivity contribution in [1.29, 1.82) is 0 Å².